The largest absolute Gasteiger partial charge is 0.493 e. The van der Waals surface area contributed by atoms with E-state index in [2.05, 4.69) is 4.98 Å². The van der Waals surface area contributed by atoms with Crippen molar-refractivity contribution in [3.63, 3.8) is 0 Å². The van der Waals surface area contributed by atoms with Crippen LogP contribution >= 0.6 is 22.7 Å². The van der Waals surface area contributed by atoms with Gasteiger partial charge in [-0.3, -0.25) is 9.59 Å². The zero-order valence-corrected chi connectivity index (χ0v) is 19.0. The molecule has 162 valence electrons. The van der Waals surface area contributed by atoms with Gasteiger partial charge in [-0.1, -0.05) is 0 Å². The van der Waals surface area contributed by atoms with Gasteiger partial charge in [-0.25, -0.2) is 4.98 Å². The number of aromatic nitrogens is 1. The summed E-state index contributed by atoms with van der Waals surface area (Å²) < 4.78 is 11.2. The monoisotopic (exact) mass is 457 g/mol. The molecule has 0 atom stereocenters. The predicted molar refractivity (Wildman–Crippen MR) is 120 cm³/mol. The first-order valence-electron chi connectivity index (χ1n) is 9.88. The molecule has 7 nitrogen and oxygen atoms in total. The van der Waals surface area contributed by atoms with Crippen LogP contribution in [0.3, 0.4) is 0 Å². The van der Waals surface area contributed by atoms with Gasteiger partial charge in [0, 0.05) is 42.0 Å². The Balaban J connectivity index is 1.37. The topological polar surface area (TPSA) is 72.0 Å². The molecule has 3 heterocycles. The molecule has 1 fully saturated rings. The molecule has 1 saturated heterocycles. The average Bonchev–Trinajstić information content (AvgIpc) is 3.48. The maximum absolute atomic E-state index is 13.0. The van der Waals surface area contributed by atoms with Crippen LogP contribution in [0, 0.1) is 6.92 Å². The van der Waals surface area contributed by atoms with Crippen molar-refractivity contribution in [1.29, 1.82) is 0 Å². The van der Waals surface area contributed by atoms with Gasteiger partial charge < -0.3 is 19.3 Å². The number of carbonyl (C=O) groups is 2. The van der Waals surface area contributed by atoms with Crippen LogP contribution in [-0.2, 0) is 6.61 Å². The molecular formula is C22H23N3O4S2. The molecule has 1 aromatic carbocycles. The Morgan fingerprint density at radius 2 is 1.77 bits per heavy atom. The second kappa shape index (κ2) is 9.49. The lowest BCUT2D eigenvalue weighted by Crippen LogP contribution is -2.50. The number of hydrogen-bond acceptors (Lipinski definition) is 7. The number of hydrogen-bond donors (Lipinski definition) is 0. The molecule has 0 bridgehead atoms. The van der Waals surface area contributed by atoms with E-state index in [-0.39, 0.29) is 11.8 Å². The number of methoxy groups -OCH3 is 1. The molecule has 1 aliphatic rings. The van der Waals surface area contributed by atoms with E-state index >= 15 is 0 Å². The van der Waals surface area contributed by atoms with E-state index in [1.54, 1.807) is 35.7 Å². The van der Waals surface area contributed by atoms with Gasteiger partial charge in [0.2, 0.25) is 0 Å². The zero-order chi connectivity index (χ0) is 21.8. The molecule has 2 aromatic heterocycles. The van der Waals surface area contributed by atoms with Crippen molar-refractivity contribution >= 4 is 34.5 Å². The maximum Gasteiger partial charge on any atom is 0.264 e. The van der Waals surface area contributed by atoms with Gasteiger partial charge in [0.05, 0.1) is 23.2 Å². The average molecular weight is 458 g/mol. The highest BCUT2D eigenvalue weighted by atomic mass is 32.1. The summed E-state index contributed by atoms with van der Waals surface area (Å²) in [5, 5.41) is 1.92. The summed E-state index contributed by atoms with van der Waals surface area (Å²) in [6.07, 6.45) is 0. The molecule has 9 heteroatoms. The number of carbonyl (C=O) groups excluding carboxylic acids is 2. The van der Waals surface area contributed by atoms with E-state index in [1.165, 1.54) is 22.7 Å². The van der Waals surface area contributed by atoms with Crippen LogP contribution in [0.5, 0.6) is 11.5 Å². The smallest absolute Gasteiger partial charge is 0.264 e. The number of thiazole rings is 1. The summed E-state index contributed by atoms with van der Waals surface area (Å²) in [7, 11) is 1.55. The molecule has 0 spiro atoms. The Bertz CT molecular complexity index is 1060. The van der Waals surface area contributed by atoms with E-state index in [9.17, 15) is 9.59 Å². The summed E-state index contributed by atoms with van der Waals surface area (Å²) in [6.45, 7) is 4.37. The molecule has 0 unspecified atom stereocenters. The van der Waals surface area contributed by atoms with Gasteiger partial charge in [-0.05, 0) is 37.3 Å². The van der Waals surface area contributed by atoms with E-state index in [0.29, 0.717) is 49.8 Å². The molecule has 0 aliphatic carbocycles. The normalized spacial score (nSPS) is 13.9. The molecule has 2 amide bonds. The minimum absolute atomic E-state index is 0.0356. The van der Waals surface area contributed by atoms with Gasteiger partial charge in [-0.2, -0.15) is 0 Å². The van der Waals surface area contributed by atoms with Gasteiger partial charge >= 0.3 is 0 Å². The summed E-state index contributed by atoms with van der Waals surface area (Å²) in [5.41, 5.74) is 3.13. The third-order valence-electron chi connectivity index (χ3n) is 5.07. The number of ether oxygens (including phenoxy) is 2. The van der Waals surface area contributed by atoms with Crippen LogP contribution < -0.4 is 9.47 Å². The van der Waals surface area contributed by atoms with E-state index in [1.807, 2.05) is 29.3 Å². The molecule has 3 aromatic rings. The van der Waals surface area contributed by atoms with Gasteiger partial charge in [0.15, 0.2) is 11.5 Å². The first-order chi connectivity index (χ1) is 15.0. The number of benzene rings is 1. The Labute approximate surface area is 188 Å². The highest BCUT2D eigenvalue weighted by molar-refractivity contribution is 7.13. The standard InChI is InChI=1S/C22H23N3O4S2/c1-15-3-6-20(31-15)22(27)25-9-7-24(8-10-25)21(26)16-4-5-18(19(11-16)28-2)29-12-17-13-30-14-23-17/h3-6,11,13-14H,7-10,12H2,1-2H3. The second-order valence-electron chi connectivity index (χ2n) is 7.13. The highest BCUT2D eigenvalue weighted by Gasteiger charge is 2.26. The maximum atomic E-state index is 13.0. The Hall–Kier alpha value is -2.91. The van der Waals surface area contributed by atoms with Crippen molar-refractivity contribution in [1.82, 2.24) is 14.8 Å². The van der Waals surface area contributed by atoms with Gasteiger partial charge in [0.1, 0.15) is 6.61 Å². The molecule has 0 radical (unpaired) electrons. The van der Waals surface area contributed by atoms with Crippen molar-refractivity contribution in [3.05, 3.63) is 62.2 Å². The zero-order valence-electron chi connectivity index (χ0n) is 17.4. The Morgan fingerprint density at radius 1 is 1.03 bits per heavy atom. The molecule has 1 aliphatic heterocycles. The number of nitrogens with zero attached hydrogens (tertiary/aromatic N) is 3. The minimum Gasteiger partial charge on any atom is -0.493 e. The van der Waals surface area contributed by atoms with Crippen LogP contribution in [0.15, 0.2) is 41.2 Å². The van der Waals surface area contributed by atoms with Crippen LogP contribution in [0.25, 0.3) is 0 Å². The van der Waals surface area contributed by atoms with E-state index in [0.717, 1.165) is 15.4 Å². The third kappa shape index (κ3) is 4.88. The number of amides is 2. The fraction of sp³-hybridized carbons (Fsp3) is 0.318. The lowest BCUT2D eigenvalue weighted by Gasteiger charge is -2.34. The summed E-state index contributed by atoms with van der Waals surface area (Å²) in [4.78, 5) is 35.3. The first kappa shape index (κ1) is 21.3. The van der Waals surface area contributed by atoms with Crippen LogP contribution in [0.4, 0.5) is 0 Å². The van der Waals surface area contributed by atoms with Crippen LogP contribution in [0.1, 0.15) is 30.6 Å². The van der Waals surface area contributed by atoms with E-state index < -0.39 is 0 Å². The summed E-state index contributed by atoms with van der Waals surface area (Å²) in [5.74, 6) is 1.02. The lowest BCUT2D eigenvalue weighted by molar-refractivity contribution is 0.0538. The number of aryl methyl sites for hydroxylation is 1. The fourth-order valence-corrected chi connectivity index (χ4v) is 4.76. The van der Waals surface area contributed by atoms with Crippen LogP contribution in [-0.4, -0.2) is 59.9 Å². The molecule has 0 N–H and O–H groups in total. The van der Waals surface area contributed by atoms with Crippen molar-refractivity contribution in [2.75, 3.05) is 33.3 Å². The number of rotatable bonds is 6. The molecular weight excluding hydrogens is 434 g/mol. The SMILES string of the molecule is COc1cc(C(=O)N2CCN(C(=O)c3ccc(C)s3)CC2)ccc1OCc1cscn1. The quantitative estimate of drug-likeness (QED) is 0.564. The van der Waals surface area contributed by atoms with Gasteiger partial charge in [-0.15, -0.1) is 22.7 Å². The molecule has 4 rings (SSSR count). The summed E-state index contributed by atoms with van der Waals surface area (Å²) >= 11 is 3.01. The van der Waals surface area contributed by atoms with Crippen molar-refractivity contribution in [2.24, 2.45) is 0 Å². The van der Waals surface area contributed by atoms with E-state index in [4.69, 9.17) is 9.47 Å². The second-order valence-corrected chi connectivity index (χ2v) is 9.14. The minimum atomic E-state index is -0.0802. The summed E-state index contributed by atoms with van der Waals surface area (Å²) in [6, 6.07) is 9.01. The first-order valence-corrected chi connectivity index (χ1v) is 11.6. The van der Waals surface area contributed by atoms with Crippen molar-refractivity contribution in [3.8, 4) is 11.5 Å². The molecule has 31 heavy (non-hydrogen) atoms. The highest BCUT2D eigenvalue weighted by Crippen LogP contribution is 2.29. The third-order valence-corrected chi connectivity index (χ3v) is 6.70. The van der Waals surface area contributed by atoms with Crippen molar-refractivity contribution in [2.45, 2.75) is 13.5 Å². The molecule has 0 saturated carbocycles. The Kier molecular flexibility index (Phi) is 6.53. The van der Waals surface area contributed by atoms with Crippen molar-refractivity contribution < 1.29 is 19.1 Å². The number of piperazine rings is 1. The number of thiophene rings is 1. The predicted octanol–water partition coefficient (Wildman–Crippen LogP) is 3.70. The van der Waals surface area contributed by atoms with Gasteiger partial charge in [0.25, 0.3) is 11.8 Å². The fourth-order valence-electron chi connectivity index (χ4n) is 3.38. The van der Waals surface area contributed by atoms with Crippen LogP contribution in [0.2, 0.25) is 0 Å². The lowest BCUT2D eigenvalue weighted by atomic mass is 10.1. The Morgan fingerprint density at radius 3 is 2.39 bits per heavy atom.